The van der Waals surface area contributed by atoms with Crippen molar-refractivity contribution in [2.45, 2.75) is 31.8 Å². The predicted octanol–water partition coefficient (Wildman–Crippen LogP) is 5.61. The molecular weight excluding hydrogens is 418 g/mol. The molecule has 4 nitrogen and oxygen atoms in total. The molecule has 1 unspecified atom stereocenters. The van der Waals surface area contributed by atoms with Crippen LogP contribution in [0.5, 0.6) is 0 Å². The highest BCUT2D eigenvalue weighted by molar-refractivity contribution is 5.91. The summed E-state index contributed by atoms with van der Waals surface area (Å²) < 4.78 is 1.88. The minimum Gasteiger partial charge on any atom is -0.382 e. The fraction of sp³-hybridized carbons (Fsp3) is 0.300. The van der Waals surface area contributed by atoms with Crippen molar-refractivity contribution in [3.8, 4) is 0 Å². The van der Waals surface area contributed by atoms with E-state index in [0.29, 0.717) is 18.5 Å². The summed E-state index contributed by atoms with van der Waals surface area (Å²) in [4.78, 5) is 15.6. The average molecular weight is 452 g/mol. The number of nitrogens with one attached hydrogen (secondary N) is 1. The number of rotatable bonds is 7. The lowest BCUT2D eigenvalue weighted by molar-refractivity contribution is 0.240. The molecule has 0 spiro atoms. The van der Waals surface area contributed by atoms with Crippen molar-refractivity contribution in [2.75, 3.05) is 25.0 Å². The molecule has 1 aliphatic carbocycles. The van der Waals surface area contributed by atoms with E-state index in [2.05, 4.69) is 77.0 Å². The zero-order valence-corrected chi connectivity index (χ0v) is 19.6. The third-order valence-electron chi connectivity index (χ3n) is 6.91. The Balaban J connectivity index is 1.24. The Morgan fingerprint density at radius 3 is 2.56 bits per heavy atom. The van der Waals surface area contributed by atoms with Crippen LogP contribution in [-0.4, -0.2) is 35.1 Å². The molecule has 2 heterocycles. The van der Waals surface area contributed by atoms with Gasteiger partial charge in [0.1, 0.15) is 0 Å². The van der Waals surface area contributed by atoms with Crippen LogP contribution < -0.4 is 10.9 Å². The third-order valence-corrected chi connectivity index (χ3v) is 6.91. The molecule has 0 radical (unpaired) electrons. The van der Waals surface area contributed by atoms with Gasteiger partial charge in [-0.05, 0) is 36.8 Å². The molecule has 1 saturated heterocycles. The molecule has 1 aromatic heterocycles. The number of aromatic nitrogens is 1. The van der Waals surface area contributed by atoms with Gasteiger partial charge in [0.2, 0.25) is 0 Å². The van der Waals surface area contributed by atoms with Gasteiger partial charge in [0.25, 0.3) is 5.56 Å². The van der Waals surface area contributed by atoms with Crippen LogP contribution in [0.25, 0.3) is 10.9 Å². The highest BCUT2D eigenvalue weighted by Gasteiger charge is 2.20. The minimum absolute atomic E-state index is 0.0410. The summed E-state index contributed by atoms with van der Waals surface area (Å²) in [5.41, 5.74) is 3.11. The van der Waals surface area contributed by atoms with Crippen LogP contribution in [0.2, 0.25) is 0 Å². The molecule has 1 atom stereocenters. The molecule has 34 heavy (non-hydrogen) atoms. The maximum Gasteiger partial charge on any atom is 0.253 e. The van der Waals surface area contributed by atoms with E-state index < -0.39 is 0 Å². The van der Waals surface area contributed by atoms with Crippen molar-refractivity contribution in [1.29, 1.82) is 0 Å². The topological polar surface area (TPSA) is 37.3 Å². The highest BCUT2D eigenvalue weighted by atomic mass is 16.1. The van der Waals surface area contributed by atoms with Crippen LogP contribution in [-0.2, 0) is 6.54 Å². The van der Waals surface area contributed by atoms with E-state index >= 15 is 0 Å². The second-order valence-corrected chi connectivity index (χ2v) is 9.35. The van der Waals surface area contributed by atoms with E-state index in [4.69, 9.17) is 0 Å². The molecule has 0 saturated carbocycles. The summed E-state index contributed by atoms with van der Waals surface area (Å²) in [7, 11) is 0. The Kier molecular flexibility index (Phi) is 7.06. The Morgan fingerprint density at radius 2 is 1.76 bits per heavy atom. The van der Waals surface area contributed by atoms with Crippen molar-refractivity contribution >= 4 is 16.6 Å². The van der Waals surface area contributed by atoms with Gasteiger partial charge in [-0.25, -0.2) is 0 Å². The first-order valence-corrected chi connectivity index (χ1v) is 12.4. The SMILES string of the molecule is O=c1cc(NC2CCN(C/C=C/C3C=CC=CC3)CC2)c2ccccc2n1Cc1ccccc1. The number of allylic oxidation sites excluding steroid dienone is 5. The lowest BCUT2D eigenvalue weighted by Gasteiger charge is -2.32. The number of piperidine rings is 1. The van der Waals surface area contributed by atoms with E-state index in [1.807, 2.05) is 28.8 Å². The Labute approximate surface area is 201 Å². The zero-order chi connectivity index (χ0) is 23.2. The lowest BCUT2D eigenvalue weighted by atomic mass is 10.00. The first-order valence-electron chi connectivity index (χ1n) is 12.4. The van der Waals surface area contributed by atoms with E-state index in [-0.39, 0.29) is 5.56 Å². The Morgan fingerprint density at radius 1 is 0.971 bits per heavy atom. The number of fused-ring (bicyclic) bond motifs is 1. The first kappa shape index (κ1) is 22.4. The number of pyridine rings is 1. The van der Waals surface area contributed by atoms with E-state index in [1.54, 1.807) is 6.07 Å². The van der Waals surface area contributed by atoms with Crippen LogP contribution in [0.4, 0.5) is 5.69 Å². The zero-order valence-electron chi connectivity index (χ0n) is 19.6. The molecule has 1 aliphatic heterocycles. The number of para-hydroxylation sites is 1. The van der Waals surface area contributed by atoms with Gasteiger partial charge in [-0.2, -0.15) is 0 Å². The normalized spacial score (nSPS) is 19.2. The summed E-state index contributed by atoms with van der Waals surface area (Å²) >= 11 is 0. The molecule has 5 rings (SSSR count). The molecule has 2 aliphatic rings. The van der Waals surface area contributed by atoms with Gasteiger partial charge in [-0.3, -0.25) is 9.69 Å². The fourth-order valence-corrected chi connectivity index (χ4v) is 4.99. The van der Waals surface area contributed by atoms with Crippen molar-refractivity contribution in [3.05, 3.63) is 113 Å². The van der Waals surface area contributed by atoms with Gasteiger partial charge < -0.3 is 9.88 Å². The molecular formula is C30H33N3O. The molecule has 2 aromatic carbocycles. The number of nitrogens with zero attached hydrogens (tertiary/aromatic N) is 2. The van der Waals surface area contributed by atoms with Crippen LogP contribution >= 0.6 is 0 Å². The molecule has 1 fully saturated rings. The van der Waals surface area contributed by atoms with Crippen molar-refractivity contribution in [1.82, 2.24) is 9.47 Å². The molecule has 0 amide bonds. The quantitative estimate of drug-likeness (QED) is 0.474. The summed E-state index contributed by atoms with van der Waals surface area (Å²) in [6, 6.07) is 20.6. The predicted molar refractivity (Wildman–Crippen MR) is 142 cm³/mol. The van der Waals surface area contributed by atoms with Gasteiger partial charge in [0, 0.05) is 42.8 Å². The van der Waals surface area contributed by atoms with Crippen LogP contribution in [0.3, 0.4) is 0 Å². The fourth-order valence-electron chi connectivity index (χ4n) is 4.99. The standard InChI is InChI=1S/C30H33N3O/c34-30-22-28(27-15-7-8-16-29(27)33(30)23-25-12-5-2-6-13-25)31-26-17-20-32(21-18-26)19-9-14-24-10-3-1-4-11-24/h1-10,12-16,22,24,26,31H,11,17-21,23H2/b14-9+. The number of likely N-dealkylation sites (tertiary alicyclic amines) is 1. The van der Waals surface area contributed by atoms with Crippen LogP contribution in [0.15, 0.2) is 102 Å². The molecule has 0 bridgehead atoms. The first-order chi connectivity index (χ1) is 16.8. The lowest BCUT2D eigenvalue weighted by Crippen LogP contribution is -2.39. The van der Waals surface area contributed by atoms with Crippen LogP contribution in [0.1, 0.15) is 24.8 Å². The van der Waals surface area contributed by atoms with E-state index in [9.17, 15) is 4.79 Å². The van der Waals surface area contributed by atoms with Crippen molar-refractivity contribution in [3.63, 3.8) is 0 Å². The highest BCUT2D eigenvalue weighted by Crippen LogP contribution is 2.25. The van der Waals surface area contributed by atoms with Gasteiger partial charge >= 0.3 is 0 Å². The molecule has 4 heteroatoms. The maximum absolute atomic E-state index is 13.1. The van der Waals surface area contributed by atoms with Gasteiger partial charge in [-0.15, -0.1) is 0 Å². The summed E-state index contributed by atoms with van der Waals surface area (Å²) in [5, 5.41) is 4.82. The van der Waals surface area contributed by atoms with Crippen LogP contribution in [0, 0.1) is 5.92 Å². The second kappa shape index (κ2) is 10.7. The average Bonchev–Trinajstić information content (AvgIpc) is 2.89. The Hall–Kier alpha value is -3.37. The second-order valence-electron chi connectivity index (χ2n) is 9.35. The summed E-state index contributed by atoms with van der Waals surface area (Å²) in [5.74, 6) is 0.543. The maximum atomic E-state index is 13.1. The van der Waals surface area contributed by atoms with Gasteiger partial charge in [0.15, 0.2) is 0 Å². The molecule has 3 aromatic rings. The number of hydrogen-bond donors (Lipinski definition) is 1. The van der Waals surface area contributed by atoms with Crippen molar-refractivity contribution < 1.29 is 0 Å². The monoisotopic (exact) mass is 451 g/mol. The molecule has 1 N–H and O–H groups in total. The Bertz CT molecular complexity index is 1250. The van der Waals surface area contributed by atoms with Crippen molar-refractivity contribution in [2.24, 2.45) is 5.92 Å². The largest absolute Gasteiger partial charge is 0.382 e. The van der Waals surface area contributed by atoms with Gasteiger partial charge in [-0.1, -0.05) is 85.0 Å². The molecule has 174 valence electrons. The minimum atomic E-state index is 0.0410. The third kappa shape index (κ3) is 5.40. The van der Waals surface area contributed by atoms with E-state index in [0.717, 1.165) is 61.1 Å². The smallest absolute Gasteiger partial charge is 0.253 e. The summed E-state index contributed by atoms with van der Waals surface area (Å²) in [6.45, 7) is 3.75. The number of benzene rings is 2. The number of anilines is 1. The summed E-state index contributed by atoms with van der Waals surface area (Å²) in [6.07, 6.45) is 16.7. The van der Waals surface area contributed by atoms with E-state index in [1.165, 1.54) is 0 Å². The number of hydrogen-bond acceptors (Lipinski definition) is 3. The van der Waals surface area contributed by atoms with Gasteiger partial charge in [0.05, 0.1) is 12.1 Å².